The molecule has 2 rings (SSSR count). The topological polar surface area (TPSA) is 34.1 Å². The third-order valence-corrected chi connectivity index (χ3v) is 4.87. The van der Waals surface area contributed by atoms with Gasteiger partial charge in [-0.15, -0.1) is 0 Å². The highest BCUT2D eigenvalue weighted by molar-refractivity contribution is 5.89. The van der Waals surface area contributed by atoms with E-state index in [1.165, 1.54) is 0 Å². The zero-order valence-corrected chi connectivity index (χ0v) is 12.9. The molecular formula is C17H28O2. The summed E-state index contributed by atoms with van der Waals surface area (Å²) < 4.78 is 0. The number of Topliss-reactive ketones (excluding diaryl/α,β-unsaturated/α-hetero) is 2. The smallest absolute Gasteiger partial charge is 0.139 e. The lowest BCUT2D eigenvalue weighted by Gasteiger charge is -2.48. The van der Waals surface area contributed by atoms with Gasteiger partial charge in [-0.25, -0.2) is 0 Å². The van der Waals surface area contributed by atoms with E-state index in [-0.39, 0.29) is 10.8 Å². The van der Waals surface area contributed by atoms with E-state index in [1.807, 2.05) is 26.8 Å². The van der Waals surface area contributed by atoms with E-state index in [0.29, 0.717) is 30.8 Å². The summed E-state index contributed by atoms with van der Waals surface area (Å²) in [7, 11) is 0. The Labute approximate surface area is 117 Å². The number of hydrogen-bond donors (Lipinski definition) is 0. The Morgan fingerprint density at radius 1 is 1.05 bits per heavy atom. The van der Waals surface area contributed by atoms with Gasteiger partial charge in [0, 0.05) is 30.1 Å². The lowest BCUT2D eigenvalue weighted by molar-refractivity contribution is -0.139. The second-order valence-electron chi connectivity index (χ2n) is 5.83. The molecule has 0 aromatic rings. The minimum Gasteiger partial charge on any atom is -0.300 e. The average Bonchev–Trinajstić information content (AvgIpc) is 2.51. The van der Waals surface area contributed by atoms with E-state index in [2.05, 4.69) is 13.0 Å². The number of rotatable bonds is 1. The van der Waals surface area contributed by atoms with Crippen molar-refractivity contribution in [2.75, 3.05) is 0 Å². The Morgan fingerprint density at radius 3 is 2.32 bits per heavy atom. The molecule has 0 aliphatic heterocycles. The van der Waals surface area contributed by atoms with Gasteiger partial charge in [-0.1, -0.05) is 32.9 Å². The minimum absolute atomic E-state index is 0.190. The third-order valence-electron chi connectivity index (χ3n) is 4.87. The molecule has 0 heterocycles. The molecule has 0 aromatic carbocycles. The summed E-state index contributed by atoms with van der Waals surface area (Å²) in [6.07, 6.45) is 9.77. The molecule has 0 unspecified atom stereocenters. The maximum absolute atomic E-state index is 12.3. The van der Waals surface area contributed by atoms with Crippen LogP contribution >= 0.6 is 0 Å². The summed E-state index contributed by atoms with van der Waals surface area (Å²) in [6.45, 7) is 8.08. The van der Waals surface area contributed by atoms with Crippen LogP contribution in [0.5, 0.6) is 0 Å². The molecule has 0 amide bonds. The molecule has 2 heteroatoms. The summed E-state index contributed by atoms with van der Waals surface area (Å²) in [5, 5.41) is 0. The Morgan fingerprint density at radius 2 is 1.68 bits per heavy atom. The van der Waals surface area contributed by atoms with E-state index in [4.69, 9.17) is 0 Å². The Bertz CT molecular complexity index is 369. The molecule has 2 aliphatic carbocycles. The minimum atomic E-state index is -0.302. The Balaban J connectivity index is 0.000000861. The molecular weight excluding hydrogens is 236 g/mol. The molecule has 0 saturated heterocycles. The maximum Gasteiger partial charge on any atom is 0.139 e. The third kappa shape index (κ3) is 2.82. The standard InChI is InChI=1S/C15H22O2.C2H6/c1-3-8-15-10-5-7-13(17)14(15,2)9-4-6-12(16)11-15;1-2/h3,8H,4-7,9-11H2,1-2H3;1-2H3/b8-3+;/t14-,15-;/m1./s1. The van der Waals surface area contributed by atoms with Crippen LogP contribution in [-0.2, 0) is 9.59 Å². The predicted molar refractivity (Wildman–Crippen MR) is 79.0 cm³/mol. The fourth-order valence-electron chi connectivity index (χ4n) is 3.79. The van der Waals surface area contributed by atoms with Crippen molar-refractivity contribution in [1.29, 1.82) is 0 Å². The second-order valence-corrected chi connectivity index (χ2v) is 5.83. The summed E-state index contributed by atoms with van der Waals surface area (Å²) >= 11 is 0. The number of allylic oxidation sites excluding steroid dienone is 2. The molecule has 2 saturated carbocycles. The number of hydrogen-bond acceptors (Lipinski definition) is 2. The molecule has 2 nitrogen and oxygen atoms in total. The van der Waals surface area contributed by atoms with Crippen LogP contribution in [0.15, 0.2) is 12.2 Å². The quantitative estimate of drug-likeness (QED) is 0.654. The molecule has 0 bridgehead atoms. The van der Waals surface area contributed by atoms with Gasteiger partial charge in [-0.3, -0.25) is 9.59 Å². The molecule has 2 aliphatic rings. The van der Waals surface area contributed by atoms with Crippen LogP contribution in [0.1, 0.15) is 72.6 Å². The van der Waals surface area contributed by atoms with Crippen LogP contribution in [0.3, 0.4) is 0 Å². The van der Waals surface area contributed by atoms with E-state index in [0.717, 1.165) is 25.7 Å². The van der Waals surface area contributed by atoms with Crippen LogP contribution in [0.2, 0.25) is 0 Å². The van der Waals surface area contributed by atoms with Crippen LogP contribution < -0.4 is 0 Å². The van der Waals surface area contributed by atoms with Crippen LogP contribution in [0.25, 0.3) is 0 Å². The normalized spacial score (nSPS) is 35.4. The SMILES string of the molecule is C/C=C/[C@]12CCCC(=O)[C@@]1(C)CCCC(=O)C2.CC. The highest BCUT2D eigenvalue weighted by Gasteiger charge is 2.54. The average molecular weight is 264 g/mol. The van der Waals surface area contributed by atoms with Gasteiger partial charge < -0.3 is 0 Å². The van der Waals surface area contributed by atoms with Crippen molar-refractivity contribution < 1.29 is 9.59 Å². The summed E-state index contributed by atoms with van der Waals surface area (Å²) in [5.74, 6) is 0.707. The van der Waals surface area contributed by atoms with E-state index in [1.54, 1.807) is 0 Å². The first-order valence-corrected chi connectivity index (χ1v) is 7.73. The first kappa shape index (κ1) is 16.1. The first-order valence-electron chi connectivity index (χ1n) is 7.73. The van der Waals surface area contributed by atoms with Gasteiger partial charge in [0.1, 0.15) is 11.6 Å². The van der Waals surface area contributed by atoms with E-state index < -0.39 is 0 Å². The van der Waals surface area contributed by atoms with Gasteiger partial charge in [0.05, 0.1) is 0 Å². The number of carbonyl (C=O) groups excluding carboxylic acids is 2. The number of fused-ring (bicyclic) bond motifs is 1. The van der Waals surface area contributed by atoms with E-state index >= 15 is 0 Å². The highest BCUT2D eigenvalue weighted by atomic mass is 16.1. The summed E-state index contributed by atoms with van der Waals surface area (Å²) in [4.78, 5) is 24.3. The number of carbonyl (C=O) groups is 2. The fourth-order valence-corrected chi connectivity index (χ4v) is 3.79. The van der Waals surface area contributed by atoms with Crippen LogP contribution in [0, 0.1) is 10.8 Å². The molecule has 108 valence electrons. The van der Waals surface area contributed by atoms with Crippen molar-refractivity contribution in [2.24, 2.45) is 10.8 Å². The van der Waals surface area contributed by atoms with Crippen molar-refractivity contribution in [1.82, 2.24) is 0 Å². The largest absolute Gasteiger partial charge is 0.300 e. The molecule has 0 aromatic heterocycles. The zero-order valence-electron chi connectivity index (χ0n) is 12.9. The molecule has 0 spiro atoms. The van der Waals surface area contributed by atoms with Crippen molar-refractivity contribution >= 4 is 11.6 Å². The van der Waals surface area contributed by atoms with Crippen molar-refractivity contribution in [3.63, 3.8) is 0 Å². The van der Waals surface area contributed by atoms with Crippen molar-refractivity contribution in [3.05, 3.63) is 12.2 Å². The molecule has 19 heavy (non-hydrogen) atoms. The van der Waals surface area contributed by atoms with Gasteiger partial charge >= 0.3 is 0 Å². The Hall–Kier alpha value is -0.920. The van der Waals surface area contributed by atoms with Crippen molar-refractivity contribution in [3.8, 4) is 0 Å². The highest BCUT2D eigenvalue weighted by Crippen LogP contribution is 2.56. The van der Waals surface area contributed by atoms with E-state index in [9.17, 15) is 9.59 Å². The van der Waals surface area contributed by atoms with Gasteiger partial charge in [0.2, 0.25) is 0 Å². The summed E-state index contributed by atoms with van der Waals surface area (Å²) in [5.41, 5.74) is -0.491. The van der Waals surface area contributed by atoms with Gasteiger partial charge in [0.25, 0.3) is 0 Å². The van der Waals surface area contributed by atoms with Gasteiger partial charge in [-0.05, 0) is 32.6 Å². The van der Waals surface area contributed by atoms with Gasteiger partial charge in [0.15, 0.2) is 0 Å². The monoisotopic (exact) mass is 264 g/mol. The molecule has 0 radical (unpaired) electrons. The fraction of sp³-hybridized carbons (Fsp3) is 0.765. The second kappa shape index (κ2) is 6.49. The first-order chi connectivity index (χ1) is 9.04. The van der Waals surface area contributed by atoms with Crippen LogP contribution in [-0.4, -0.2) is 11.6 Å². The number of ketones is 2. The summed E-state index contributed by atoms with van der Waals surface area (Å²) in [6, 6.07) is 0. The Kier molecular flexibility index (Phi) is 5.51. The van der Waals surface area contributed by atoms with Crippen molar-refractivity contribution in [2.45, 2.75) is 72.6 Å². The maximum atomic E-state index is 12.3. The van der Waals surface area contributed by atoms with Crippen LogP contribution in [0.4, 0.5) is 0 Å². The van der Waals surface area contributed by atoms with Gasteiger partial charge in [-0.2, -0.15) is 0 Å². The molecule has 2 fully saturated rings. The lowest BCUT2D eigenvalue weighted by Crippen LogP contribution is -2.47. The zero-order chi connectivity index (χ0) is 14.5. The molecule has 2 atom stereocenters. The lowest BCUT2D eigenvalue weighted by atomic mass is 9.54. The predicted octanol–water partition coefficient (Wildman–Crippen LogP) is 4.48. The molecule has 0 N–H and O–H groups in total.